The molecule has 0 radical (unpaired) electrons. The Hall–Kier alpha value is -0.120. The first-order valence-corrected chi connectivity index (χ1v) is 9.98. The third-order valence-electron chi connectivity index (χ3n) is 5.35. The maximum absolute atomic E-state index is 5.57. The maximum atomic E-state index is 5.57. The van der Waals surface area contributed by atoms with Crippen molar-refractivity contribution in [3.63, 3.8) is 0 Å². The Morgan fingerprint density at radius 2 is 1.69 bits per heavy atom. The van der Waals surface area contributed by atoms with Gasteiger partial charge in [-0.3, -0.25) is 9.89 Å². The molecular formula is C19H40IN5O. The average molecular weight is 481 g/mol. The van der Waals surface area contributed by atoms with E-state index in [0.29, 0.717) is 0 Å². The first kappa shape index (κ1) is 23.9. The summed E-state index contributed by atoms with van der Waals surface area (Å²) in [7, 11) is 1.86. The van der Waals surface area contributed by atoms with Gasteiger partial charge >= 0.3 is 0 Å². The summed E-state index contributed by atoms with van der Waals surface area (Å²) >= 11 is 0. The summed E-state index contributed by atoms with van der Waals surface area (Å²) in [6.45, 7) is 13.2. The normalized spacial score (nSPS) is 21.8. The molecular weight excluding hydrogens is 441 g/mol. The first-order chi connectivity index (χ1) is 12.0. The second-order valence-electron chi connectivity index (χ2n) is 8.41. The second-order valence-corrected chi connectivity index (χ2v) is 8.41. The minimum atomic E-state index is 0. The zero-order valence-corrected chi connectivity index (χ0v) is 19.5. The lowest BCUT2D eigenvalue weighted by atomic mass is 9.80. The van der Waals surface area contributed by atoms with Gasteiger partial charge in [-0.15, -0.1) is 24.0 Å². The highest BCUT2D eigenvalue weighted by atomic mass is 127. The van der Waals surface area contributed by atoms with Crippen molar-refractivity contribution in [3.8, 4) is 0 Å². The predicted molar refractivity (Wildman–Crippen MR) is 121 cm³/mol. The molecule has 1 aliphatic carbocycles. The molecule has 1 saturated heterocycles. The van der Waals surface area contributed by atoms with Crippen molar-refractivity contribution in [1.82, 2.24) is 20.9 Å². The number of nitrogens with one attached hydrogen (secondary N) is 3. The zero-order valence-electron chi connectivity index (χ0n) is 17.2. The van der Waals surface area contributed by atoms with Gasteiger partial charge in [0.2, 0.25) is 0 Å². The number of guanidine groups is 1. The third-order valence-corrected chi connectivity index (χ3v) is 5.35. The van der Waals surface area contributed by atoms with Gasteiger partial charge < -0.3 is 20.7 Å². The number of morpholine rings is 1. The molecule has 154 valence electrons. The monoisotopic (exact) mass is 481 g/mol. The Morgan fingerprint density at radius 1 is 1.04 bits per heavy atom. The Morgan fingerprint density at radius 3 is 2.27 bits per heavy atom. The van der Waals surface area contributed by atoms with E-state index in [-0.39, 0.29) is 35.1 Å². The van der Waals surface area contributed by atoms with Crippen molar-refractivity contribution in [2.24, 2.45) is 4.99 Å². The summed E-state index contributed by atoms with van der Waals surface area (Å²) in [4.78, 5) is 7.07. The SMILES string of the molecule is CN=C(NCCNC(C)(C)C)NCC1(N2CCOCC2)CCCCC1.I. The average Bonchev–Trinajstić information content (AvgIpc) is 2.62. The van der Waals surface area contributed by atoms with Crippen molar-refractivity contribution in [2.75, 3.05) is 53.0 Å². The molecule has 0 atom stereocenters. The fraction of sp³-hybridized carbons (Fsp3) is 0.947. The number of rotatable bonds is 6. The Labute approximate surface area is 177 Å². The van der Waals surface area contributed by atoms with Gasteiger partial charge in [-0.25, -0.2) is 0 Å². The highest BCUT2D eigenvalue weighted by Gasteiger charge is 2.38. The van der Waals surface area contributed by atoms with E-state index < -0.39 is 0 Å². The van der Waals surface area contributed by atoms with Crippen LogP contribution in [0.3, 0.4) is 0 Å². The van der Waals surface area contributed by atoms with E-state index in [9.17, 15) is 0 Å². The van der Waals surface area contributed by atoms with Crippen LogP contribution in [0.15, 0.2) is 4.99 Å². The van der Waals surface area contributed by atoms with E-state index in [1.165, 1.54) is 32.1 Å². The highest BCUT2D eigenvalue weighted by molar-refractivity contribution is 14.0. The van der Waals surface area contributed by atoms with Crippen LogP contribution in [0.2, 0.25) is 0 Å². The Kier molecular flexibility index (Phi) is 10.7. The van der Waals surface area contributed by atoms with E-state index in [0.717, 1.165) is 51.9 Å². The van der Waals surface area contributed by atoms with E-state index in [4.69, 9.17) is 4.74 Å². The van der Waals surface area contributed by atoms with Crippen molar-refractivity contribution in [1.29, 1.82) is 0 Å². The zero-order chi connectivity index (χ0) is 18.2. The molecule has 7 heteroatoms. The van der Waals surface area contributed by atoms with Crippen LogP contribution in [0, 0.1) is 0 Å². The number of hydrogen-bond donors (Lipinski definition) is 3. The van der Waals surface area contributed by atoms with Crippen LogP contribution in [0.5, 0.6) is 0 Å². The number of nitrogens with zero attached hydrogens (tertiary/aromatic N) is 2. The summed E-state index contributed by atoms with van der Waals surface area (Å²) in [5.74, 6) is 0.911. The summed E-state index contributed by atoms with van der Waals surface area (Å²) in [6.07, 6.45) is 6.60. The number of ether oxygens (including phenoxy) is 1. The van der Waals surface area contributed by atoms with Crippen LogP contribution < -0.4 is 16.0 Å². The summed E-state index contributed by atoms with van der Waals surface area (Å²) in [5.41, 5.74) is 0.421. The van der Waals surface area contributed by atoms with Gasteiger partial charge in [0.15, 0.2) is 5.96 Å². The van der Waals surface area contributed by atoms with Crippen LogP contribution in [0.25, 0.3) is 0 Å². The van der Waals surface area contributed by atoms with Gasteiger partial charge in [0.05, 0.1) is 13.2 Å². The Bertz CT molecular complexity index is 413. The highest BCUT2D eigenvalue weighted by Crippen LogP contribution is 2.33. The van der Waals surface area contributed by atoms with Gasteiger partial charge in [-0.05, 0) is 33.6 Å². The molecule has 0 unspecified atom stereocenters. The molecule has 26 heavy (non-hydrogen) atoms. The maximum Gasteiger partial charge on any atom is 0.191 e. The lowest BCUT2D eigenvalue weighted by molar-refractivity contribution is -0.0352. The van der Waals surface area contributed by atoms with Crippen LogP contribution in [0.4, 0.5) is 0 Å². The largest absolute Gasteiger partial charge is 0.379 e. The van der Waals surface area contributed by atoms with Gasteiger partial charge in [0.1, 0.15) is 0 Å². The van der Waals surface area contributed by atoms with Crippen molar-refractivity contribution in [2.45, 2.75) is 64.0 Å². The number of halogens is 1. The van der Waals surface area contributed by atoms with Gasteiger partial charge in [0.25, 0.3) is 0 Å². The van der Waals surface area contributed by atoms with Gasteiger partial charge in [-0.1, -0.05) is 19.3 Å². The first-order valence-electron chi connectivity index (χ1n) is 9.98. The summed E-state index contributed by atoms with van der Waals surface area (Å²) in [6, 6.07) is 0. The minimum absolute atomic E-state index is 0. The van der Waals surface area contributed by atoms with Crippen LogP contribution in [-0.2, 0) is 4.74 Å². The van der Waals surface area contributed by atoms with Gasteiger partial charge in [0, 0.05) is 50.8 Å². The van der Waals surface area contributed by atoms with Crippen LogP contribution in [-0.4, -0.2) is 74.9 Å². The molecule has 0 amide bonds. The molecule has 1 heterocycles. The van der Waals surface area contributed by atoms with Crippen LogP contribution >= 0.6 is 24.0 Å². The molecule has 6 nitrogen and oxygen atoms in total. The Balaban J connectivity index is 0.00000338. The van der Waals surface area contributed by atoms with Crippen molar-refractivity contribution in [3.05, 3.63) is 0 Å². The van der Waals surface area contributed by atoms with Crippen molar-refractivity contribution < 1.29 is 4.74 Å². The topological polar surface area (TPSA) is 60.9 Å². The summed E-state index contributed by atoms with van der Waals surface area (Å²) < 4.78 is 5.57. The van der Waals surface area contributed by atoms with E-state index in [2.05, 4.69) is 46.6 Å². The van der Waals surface area contributed by atoms with E-state index in [1.54, 1.807) is 0 Å². The summed E-state index contributed by atoms with van der Waals surface area (Å²) in [5, 5.41) is 10.5. The number of hydrogen-bond acceptors (Lipinski definition) is 4. The molecule has 1 saturated carbocycles. The van der Waals surface area contributed by atoms with Gasteiger partial charge in [-0.2, -0.15) is 0 Å². The van der Waals surface area contributed by atoms with Crippen LogP contribution in [0.1, 0.15) is 52.9 Å². The molecule has 0 aromatic heterocycles. The molecule has 2 rings (SSSR count). The fourth-order valence-electron chi connectivity index (χ4n) is 3.94. The smallest absolute Gasteiger partial charge is 0.191 e. The van der Waals surface area contributed by atoms with E-state index in [1.807, 2.05) is 7.05 Å². The molecule has 3 N–H and O–H groups in total. The molecule has 1 aliphatic heterocycles. The molecule has 2 aliphatic rings. The number of aliphatic imine (C=N–C) groups is 1. The quantitative estimate of drug-likeness (QED) is 0.235. The lowest BCUT2D eigenvalue weighted by Crippen LogP contribution is -2.60. The molecule has 2 fully saturated rings. The molecule has 0 spiro atoms. The van der Waals surface area contributed by atoms with E-state index >= 15 is 0 Å². The minimum Gasteiger partial charge on any atom is -0.379 e. The third kappa shape index (κ3) is 7.86. The molecule has 0 aromatic carbocycles. The predicted octanol–water partition coefficient (Wildman–Crippen LogP) is 2.19. The van der Waals surface area contributed by atoms with Crippen molar-refractivity contribution >= 4 is 29.9 Å². The molecule has 0 bridgehead atoms. The lowest BCUT2D eigenvalue weighted by Gasteiger charge is -2.48. The second kappa shape index (κ2) is 11.7. The standard InChI is InChI=1S/C19H39N5O.HI/c1-18(2,3)23-11-10-21-17(20-4)22-16-19(8-6-5-7-9-19)24-12-14-25-15-13-24;/h23H,5-16H2,1-4H3,(H2,20,21,22);1H. The fourth-order valence-corrected chi connectivity index (χ4v) is 3.94. The molecule has 0 aromatic rings.